The smallest absolute Gasteiger partial charge is 0.262 e. The number of aryl methyl sites for hydroxylation is 1. The number of nitrogens with zero attached hydrogens (tertiary/aromatic N) is 3. The van der Waals surface area contributed by atoms with Crippen molar-refractivity contribution in [1.29, 1.82) is 0 Å². The zero-order chi connectivity index (χ0) is 19.5. The van der Waals surface area contributed by atoms with E-state index in [1.165, 1.54) is 0 Å². The topological polar surface area (TPSA) is 73.0 Å². The maximum atomic E-state index is 12.8. The van der Waals surface area contributed by atoms with Crippen LogP contribution in [0.3, 0.4) is 0 Å². The molecule has 7 heteroatoms. The van der Waals surface area contributed by atoms with Gasteiger partial charge in [0.15, 0.2) is 5.82 Å². The van der Waals surface area contributed by atoms with Crippen molar-refractivity contribution in [3.63, 3.8) is 0 Å². The first-order valence-electron chi connectivity index (χ1n) is 8.71. The first-order valence-corrected chi connectivity index (χ1v) is 9.09. The molecule has 0 fully saturated rings. The van der Waals surface area contributed by atoms with E-state index in [0.29, 0.717) is 34.4 Å². The van der Waals surface area contributed by atoms with E-state index in [0.717, 1.165) is 11.1 Å². The summed E-state index contributed by atoms with van der Waals surface area (Å²) in [5, 5.41) is 12.0. The number of carbonyl (C=O) groups is 1. The zero-order valence-corrected chi connectivity index (χ0v) is 15.8. The van der Waals surface area contributed by atoms with Crippen LogP contribution >= 0.6 is 11.6 Å². The molecule has 0 unspecified atom stereocenters. The van der Waals surface area contributed by atoms with E-state index in [9.17, 15) is 4.79 Å². The average Bonchev–Trinajstić information content (AvgIpc) is 3.30. The van der Waals surface area contributed by atoms with E-state index < -0.39 is 0 Å². The van der Waals surface area contributed by atoms with Gasteiger partial charge in [0.1, 0.15) is 17.0 Å². The lowest BCUT2D eigenvalue weighted by atomic mass is 10.1. The fourth-order valence-electron chi connectivity index (χ4n) is 2.90. The predicted molar refractivity (Wildman–Crippen MR) is 107 cm³/mol. The number of carbonyl (C=O) groups excluding carboxylic acids is 1. The van der Waals surface area contributed by atoms with E-state index in [1.807, 2.05) is 60.8 Å². The Balaban J connectivity index is 1.51. The van der Waals surface area contributed by atoms with Crippen molar-refractivity contribution >= 4 is 23.3 Å². The minimum atomic E-state index is -0.311. The van der Waals surface area contributed by atoms with Gasteiger partial charge in [-0.1, -0.05) is 59.2 Å². The molecule has 2 aromatic carbocycles. The molecule has 4 aromatic rings. The Morgan fingerprint density at radius 3 is 2.61 bits per heavy atom. The number of amides is 1. The van der Waals surface area contributed by atoms with Gasteiger partial charge in [0, 0.05) is 22.8 Å². The number of hydrogen-bond donors (Lipinski definition) is 1. The van der Waals surface area contributed by atoms with Crippen molar-refractivity contribution in [1.82, 2.24) is 14.9 Å². The fraction of sp³-hybridized carbons (Fsp3) is 0.0952. The van der Waals surface area contributed by atoms with Crippen LogP contribution in [0.1, 0.15) is 21.7 Å². The molecule has 0 spiro atoms. The van der Waals surface area contributed by atoms with E-state index in [4.69, 9.17) is 16.1 Å². The Kier molecular flexibility index (Phi) is 4.95. The van der Waals surface area contributed by atoms with E-state index >= 15 is 0 Å². The molecule has 2 heterocycles. The molecule has 0 aliphatic carbocycles. The van der Waals surface area contributed by atoms with Crippen LogP contribution in [0.15, 0.2) is 71.4 Å². The summed E-state index contributed by atoms with van der Waals surface area (Å²) in [6.07, 6.45) is 1.81. The van der Waals surface area contributed by atoms with Crippen LogP contribution in [0.25, 0.3) is 11.3 Å². The van der Waals surface area contributed by atoms with Gasteiger partial charge in [-0.25, -0.2) is 0 Å². The van der Waals surface area contributed by atoms with E-state index in [-0.39, 0.29) is 5.91 Å². The highest BCUT2D eigenvalue weighted by atomic mass is 35.5. The molecule has 1 amide bonds. The first-order chi connectivity index (χ1) is 13.6. The summed E-state index contributed by atoms with van der Waals surface area (Å²) >= 11 is 5.91. The van der Waals surface area contributed by atoms with Gasteiger partial charge in [-0.05, 0) is 24.6 Å². The van der Waals surface area contributed by atoms with Crippen molar-refractivity contribution < 1.29 is 9.32 Å². The van der Waals surface area contributed by atoms with Crippen LogP contribution in [-0.2, 0) is 6.54 Å². The summed E-state index contributed by atoms with van der Waals surface area (Å²) in [6, 6.07) is 18.8. The van der Waals surface area contributed by atoms with Crippen LogP contribution in [-0.4, -0.2) is 20.8 Å². The lowest BCUT2D eigenvalue weighted by Gasteiger charge is -2.04. The van der Waals surface area contributed by atoms with Crippen LogP contribution in [0, 0.1) is 6.92 Å². The second-order valence-electron chi connectivity index (χ2n) is 6.31. The second kappa shape index (κ2) is 7.70. The molecule has 2 aromatic heterocycles. The molecule has 140 valence electrons. The van der Waals surface area contributed by atoms with E-state index in [1.54, 1.807) is 17.7 Å². The van der Waals surface area contributed by atoms with Gasteiger partial charge in [-0.2, -0.15) is 5.10 Å². The van der Waals surface area contributed by atoms with Crippen molar-refractivity contribution in [2.75, 3.05) is 5.32 Å². The molecule has 0 saturated carbocycles. The monoisotopic (exact) mass is 392 g/mol. The van der Waals surface area contributed by atoms with Crippen molar-refractivity contribution in [2.45, 2.75) is 13.5 Å². The third-order valence-electron chi connectivity index (χ3n) is 4.28. The molecular formula is C21H17ClN4O2. The molecular weight excluding hydrogens is 376 g/mol. The molecule has 0 saturated heterocycles. The molecule has 6 nitrogen and oxygen atoms in total. The molecule has 0 radical (unpaired) electrons. The molecule has 4 rings (SSSR count). The van der Waals surface area contributed by atoms with Gasteiger partial charge in [-0.3, -0.25) is 9.48 Å². The number of anilines is 1. The normalized spacial score (nSPS) is 10.8. The summed E-state index contributed by atoms with van der Waals surface area (Å²) in [5.41, 5.74) is 2.79. The number of nitrogens with one attached hydrogen (secondary N) is 1. The van der Waals surface area contributed by atoms with Crippen LogP contribution in [0.4, 0.5) is 5.82 Å². The minimum absolute atomic E-state index is 0.311. The Morgan fingerprint density at radius 2 is 1.86 bits per heavy atom. The zero-order valence-electron chi connectivity index (χ0n) is 15.1. The average molecular weight is 393 g/mol. The third-order valence-corrected chi connectivity index (χ3v) is 4.53. The van der Waals surface area contributed by atoms with Crippen LogP contribution in [0.2, 0.25) is 5.02 Å². The van der Waals surface area contributed by atoms with Crippen molar-refractivity contribution in [2.24, 2.45) is 0 Å². The lowest BCUT2D eigenvalue weighted by Crippen LogP contribution is -2.14. The maximum absolute atomic E-state index is 12.8. The largest absolute Gasteiger partial charge is 0.360 e. The summed E-state index contributed by atoms with van der Waals surface area (Å²) in [5.74, 6) is 0.602. The number of hydrogen-bond acceptors (Lipinski definition) is 4. The molecule has 0 aliphatic heterocycles. The summed E-state index contributed by atoms with van der Waals surface area (Å²) in [6.45, 7) is 2.29. The maximum Gasteiger partial charge on any atom is 0.262 e. The molecule has 0 aliphatic rings. The lowest BCUT2D eigenvalue weighted by molar-refractivity contribution is 0.102. The van der Waals surface area contributed by atoms with Gasteiger partial charge in [0.2, 0.25) is 0 Å². The van der Waals surface area contributed by atoms with Gasteiger partial charge >= 0.3 is 0 Å². The summed E-state index contributed by atoms with van der Waals surface area (Å²) in [4.78, 5) is 12.8. The van der Waals surface area contributed by atoms with E-state index in [2.05, 4.69) is 15.6 Å². The standard InChI is InChI=1S/C21H17ClN4O2/c1-14-19(20(25-28-14)16-5-3-2-4-6-16)21(27)23-18-11-12-26(24-18)13-15-7-9-17(22)10-8-15/h2-12H,13H2,1H3,(H,23,24,27). The molecule has 1 N–H and O–H groups in total. The third kappa shape index (κ3) is 3.82. The van der Waals surface area contributed by atoms with Crippen molar-refractivity contribution in [3.8, 4) is 11.3 Å². The predicted octanol–water partition coefficient (Wildman–Crippen LogP) is 4.80. The summed E-state index contributed by atoms with van der Waals surface area (Å²) < 4.78 is 7.00. The quantitative estimate of drug-likeness (QED) is 0.529. The van der Waals surface area contributed by atoms with Gasteiger partial charge < -0.3 is 9.84 Å². The second-order valence-corrected chi connectivity index (χ2v) is 6.74. The Bertz CT molecular complexity index is 1100. The highest BCUT2D eigenvalue weighted by Gasteiger charge is 2.22. The molecule has 28 heavy (non-hydrogen) atoms. The highest BCUT2D eigenvalue weighted by molar-refractivity contribution is 6.30. The van der Waals surface area contributed by atoms with Crippen LogP contribution < -0.4 is 5.32 Å². The van der Waals surface area contributed by atoms with Crippen molar-refractivity contribution in [3.05, 3.63) is 88.8 Å². The Hall–Kier alpha value is -3.38. The minimum Gasteiger partial charge on any atom is -0.360 e. The fourth-order valence-corrected chi connectivity index (χ4v) is 3.03. The number of rotatable bonds is 5. The first kappa shape index (κ1) is 18.0. The molecule has 0 bridgehead atoms. The summed E-state index contributed by atoms with van der Waals surface area (Å²) in [7, 11) is 0. The van der Waals surface area contributed by atoms with Gasteiger partial charge in [0.05, 0.1) is 6.54 Å². The number of halogens is 1. The van der Waals surface area contributed by atoms with Crippen LogP contribution in [0.5, 0.6) is 0 Å². The Morgan fingerprint density at radius 1 is 1.11 bits per heavy atom. The highest BCUT2D eigenvalue weighted by Crippen LogP contribution is 2.25. The number of aromatic nitrogens is 3. The van der Waals surface area contributed by atoms with Gasteiger partial charge in [0.25, 0.3) is 5.91 Å². The molecule has 0 atom stereocenters. The SMILES string of the molecule is Cc1onc(-c2ccccc2)c1C(=O)Nc1ccn(Cc2ccc(Cl)cc2)n1. The Labute approximate surface area is 166 Å². The number of benzene rings is 2. The van der Waals surface area contributed by atoms with Gasteiger partial charge in [-0.15, -0.1) is 0 Å².